The maximum Gasteiger partial charge on any atom is 0.270 e. The molecule has 1 aliphatic carbocycles. The maximum atomic E-state index is 15.7. The summed E-state index contributed by atoms with van der Waals surface area (Å²) in [4.78, 5) is 31.3. The van der Waals surface area contributed by atoms with Gasteiger partial charge in [0, 0.05) is 43.5 Å². The molecule has 0 aromatic carbocycles. The van der Waals surface area contributed by atoms with Crippen molar-refractivity contribution < 1.29 is 18.7 Å². The summed E-state index contributed by atoms with van der Waals surface area (Å²) < 4.78 is 25.1. The van der Waals surface area contributed by atoms with Gasteiger partial charge in [-0.05, 0) is 68.5 Å². The maximum absolute atomic E-state index is 15.7. The zero-order valence-electron chi connectivity index (χ0n) is 28.4. The SMILES string of the molecule is CCc1c(-c2ccc(NC(=O)[C@@H](NC(=O)c3ccnn3CCSC)[C@H]3CC[C@H](C)CC3)nc2F)c(C)nn1COCC[Si](C)(C)C. The Hall–Kier alpha value is -3.03. The first-order valence-corrected chi connectivity index (χ1v) is 21.4. The first-order valence-electron chi connectivity index (χ1n) is 16.3. The van der Waals surface area contributed by atoms with Crippen LogP contribution in [0.3, 0.4) is 0 Å². The van der Waals surface area contributed by atoms with Crippen molar-refractivity contribution in [3.8, 4) is 11.1 Å². The van der Waals surface area contributed by atoms with Gasteiger partial charge in [0.05, 0.1) is 12.2 Å². The minimum Gasteiger partial charge on any atom is -0.360 e. The molecule has 10 nitrogen and oxygen atoms in total. The fourth-order valence-electron chi connectivity index (χ4n) is 5.98. The Balaban J connectivity index is 1.51. The lowest BCUT2D eigenvalue weighted by molar-refractivity contribution is -0.119. The van der Waals surface area contributed by atoms with Crippen LogP contribution in [0.15, 0.2) is 24.4 Å². The molecule has 1 saturated carbocycles. The predicted molar refractivity (Wildman–Crippen MR) is 185 cm³/mol. The first-order chi connectivity index (χ1) is 21.9. The molecule has 0 radical (unpaired) electrons. The molecule has 1 aliphatic rings. The highest BCUT2D eigenvalue weighted by molar-refractivity contribution is 7.98. The minimum atomic E-state index is -1.22. The topological polar surface area (TPSA) is 116 Å². The summed E-state index contributed by atoms with van der Waals surface area (Å²) in [5, 5.41) is 14.7. The Labute approximate surface area is 277 Å². The summed E-state index contributed by atoms with van der Waals surface area (Å²) in [5.41, 5.74) is 2.99. The van der Waals surface area contributed by atoms with E-state index in [0.29, 0.717) is 54.7 Å². The van der Waals surface area contributed by atoms with Crippen LogP contribution in [0, 0.1) is 24.7 Å². The Morgan fingerprint density at radius 1 is 1.15 bits per heavy atom. The molecule has 3 heterocycles. The predicted octanol–water partition coefficient (Wildman–Crippen LogP) is 6.39. The summed E-state index contributed by atoms with van der Waals surface area (Å²) in [5.74, 6) is -0.0131. The molecule has 0 bridgehead atoms. The largest absolute Gasteiger partial charge is 0.360 e. The van der Waals surface area contributed by atoms with Crippen molar-refractivity contribution in [1.29, 1.82) is 0 Å². The third kappa shape index (κ3) is 9.28. The van der Waals surface area contributed by atoms with Gasteiger partial charge in [0.2, 0.25) is 11.9 Å². The number of rotatable bonds is 15. The van der Waals surface area contributed by atoms with Gasteiger partial charge in [0.1, 0.15) is 24.3 Å². The molecule has 1 fully saturated rings. The number of carbonyl (C=O) groups excluding carboxylic acids is 2. The van der Waals surface area contributed by atoms with Gasteiger partial charge >= 0.3 is 0 Å². The number of aryl methyl sites for hydroxylation is 2. The highest BCUT2D eigenvalue weighted by Crippen LogP contribution is 2.32. The highest BCUT2D eigenvalue weighted by atomic mass is 32.2. The van der Waals surface area contributed by atoms with Crippen molar-refractivity contribution in [2.24, 2.45) is 11.8 Å². The fourth-order valence-corrected chi connectivity index (χ4v) is 7.10. The van der Waals surface area contributed by atoms with Gasteiger partial charge in [-0.3, -0.25) is 14.3 Å². The molecule has 0 spiro atoms. The molecular formula is C33H50FN7O3SSi. The van der Waals surface area contributed by atoms with E-state index in [9.17, 15) is 9.59 Å². The smallest absolute Gasteiger partial charge is 0.270 e. The van der Waals surface area contributed by atoms with Crippen LogP contribution in [0.1, 0.15) is 61.4 Å². The van der Waals surface area contributed by atoms with Crippen molar-refractivity contribution >= 4 is 37.5 Å². The van der Waals surface area contributed by atoms with Gasteiger partial charge in [0.15, 0.2) is 0 Å². The second kappa shape index (κ2) is 16.2. The van der Waals surface area contributed by atoms with Crippen LogP contribution in [0.25, 0.3) is 11.1 Å². The number of hydrogen-bond acceptors (Lipinski definition) is 7. The van der Waals surface area contributed by atoms with Crippen LogP contribution in [-0.2, 0) is 29.2 Å². The number of carbonyl (C=O) groups is 2. The monoisotopic (exact) mass is 671 g/mol. The lowest BCUT2D eigenvalue weighted by atomic mass is 9.79. The van der Waals surface area contributed by atoms with E-state index in [4.69, 9.17) is 4.74 Å². The van der Waals surface area contributed by atoms with E-state index in [0.717, 1.165) is 43.2 Å². The van der Waals surface area contributed by atoms with Crippen LogP contribution in [-0.4, -0.2) is 69.1 Å². The number of amides is 2. The number of nitrogens with one attached hydrogen (secondary N) is 2. The molecule has 0 saturated heterocycles. The Morgan fingerprint density at radius 3 is 2.54 bits per heavy atom. The molecule has 13 heteroatoms. The fraction of sp³-hybridized carbons (Fsp3) is 0.606. The standard InChI is InChI=1S/C33H50FN7O3SSi/c1-8-26-29(23(3)39-41(26)21-44-18-20-46(5,6)7)25-13-14-28(36-31(25)34)37-33(43)30(24-11-9-22(2)10-12-24)38-32(42)27-15-16-35-40(27)17-19-45-4/h13-16,22,24,30H,8-12,17-21H2,1-7H3,(H,38,42)(H,36,37,43)/t22-,24-,30-/m0/s1. The van der Waals surface area contributed by atoms with E-state index in [1.54, 1.807) is 45.5 Å². The van der Waals surface area contributed by atoms with Crippen LogP contribution < -0.4 is 10.6 Å². The van der Waals surface area contributed by atoms with Crippen LogP contribution >= 0.6 is 11.8 Å². The zero-order chi connectivity index (χ0) is 33.4. The molecular weight excluding hydrogens is 622 g/mol. The third-order valence-corrected chi connectivity index (χ3v) is 11.0. The third-order valence-electron chi connectivity index (χ3n) is 8.70. The molecule has 2 N–H and O–H groups in total. The van der Waals surface area contributed by atoms with Gasteiger partial charge < -0.3 is 15.4 Å². The van der Waals surface area contributed by atoms with E-state index in [1.165, 1.54) is 0 Å². The molecule has 2 amide bonds. The molecule has 252 valence electrons. The van der Waals surface area contributed by atoms with Crippen LogP contribution in [0.4, 0.5) is 10.2 Å². The second-order valence-electron chi connectivity index (χ2n) is 13.5. The number of nitrogens with zero attached hydrogens (tertiary/aromatic N) is 5. The number of anilines is 1. The van der Waals surface area contributed by atoms with Gasteiger partial charge in [-0.2, -0.15) is 26.3 Å². The van der Waals surface area contributed by atoms with E-state index >= 15 is 4.39 Å². The molecule has 1 atom stereocenters. The number of halogens is 1. The zero-order valence-corrected chi connectivity index (χ0v) is 30.2. The van der Waals surface area contributed by atoms with Crippen molar-refractivity contribution in [2.75, 3.05) is 23.9 Å². The van der Waals surface area contributed by atoms with Crippen molar-refractivity contribution in [3.63, 3.8) is 0 Å². The minimum absolute atomic E-state index is 0.0413. The lowest BCUT2D eigenvalue weighted by Crippen LogP contribution is -2.49. The number of pyridine rings is 1. The van der Waals surface area contributed by atoms with Crippen LogP contribution in [0.5, 0.6) is 0 Å². The molecule has 3 aromatic heterocycles. The normalized spacial score (nSPS) is 17.6. The Bertz CT molecular complexity index is 1480. The van der Waals surface area contributed by atoms with E-state index in [2.05, 4.69) is 52.4 Å². The first kappa shape index (κ1) is 35.8. The van der Waals surface area contributed by atoms with E-state index in [1.807, 2.05) is 20.1 Å². The molecule has 3 aromatic rings. The summed E-state index contributed by atoms with van der Waals surface area (Å²) in [6, 6.07) is 5.17. The van der Waals surface area contributed by atoms with Crippen LogP contribution in [0.2, 0.25) is 25.7 Å². The number of hydrogen-bond donors (Lipinski definition) is 2. The van der Waals surface area contributed by atoms with E-state index < -0.39 is 26.0 Å². The van der Waals surface area contributed by atoms with Gasteiger partial charge in [0.25, 0.3) is 5.91 Å². The van der Waals surface area contributed by atoms with Crippen molar-refractivity contribution in [2.45, 2.75) is 97.9 Å². The molecule has 4 rings (SSSR count). The average Bonchev–Trinajstić information content (AvgIpc) is 3.60. The summed E-state index contributed by atoms with van der Waals surface area (Å²) in [6.45, 7) is 14.6. The summed E-state index contributed by atoms with van der Waals surface area (Å²) >= 11 is 1.67. The molecule has 0 unspecified atom stereocenters. The Kier molecular flexibility index (Phi) is 12.6. The number of thioether (sulfide) groups is 1. The highest BCUT2D eigenvalue weighted by Gasteiger charge is 2.34. The summed E-state index contributed by atoms with van der Waals surface area (Å²) in [6.07, 6.45) is 7.83. The Morgan fingerprint density at radius 2 is 1.89 bits per heavy atom. The molecule has 46 heavy (non-hydrogen) atoms. The molecule has 0 aliphatic heterocycles. The van der Waals surface area contributed by atoms with Gasteiger partial charge in [-0.1, -0.05) is 46.3 Å². The van der Waals surface area contributed by atoms with Gasteiger partial charge in [-0.25, -0.2) is 9.67 Å². The van der Waals surface area contributed by atoms with Crippen molar-refractivity contribution in [1.82, 2.24) is 29.9 Å². The lowest BCUT2D eigenvalue weighted by Gasteiger charge is -2.32. The average molecular weight is 672 g/mol. The van der Waals surface area contributed by atoms with Gasteiger partial charge in [-0.15, -0.1) is 0 Å². The second-order valence-corrected chi connectivity index (χ2v) is 20.1. The number of ether oxygens (including phenoxy) is 1. The van der Waals surface area contributed by atoms with E-state index in [-0.39, 0.29) is 17.6 Å². The quantitative estimate of drug-likeness (QED) is 0.109. The number of aromatic nitrogens is 5. The van der Waals surface area contributed by atoms with Crippen molar-refractivity contribution in [3.05, 3.63) is 47.4 Å². The summed E-state index contributed by atoms with van der Waals surface area (Å²) in [7, 11) is -1.22.